The topological polar surface area (TPSA) is 49.4 Å². The Bertz CT molecular complexity index is 1120. The molecule has 150 valence electrons. The van der Waals surface area contributed by atoms with Crippen molar-refractivity contribution in [3.63, 3.8) is 0 Å². The van der Waals surface area contributed by atoms with Crippen molar-refractivity contribution in [1.82, 2.24) is 4.72 Å². The number of fused-ring (bicyclic) bond motifs is 1. The first-order chi connectivity index (χ1) is 13.9. The number of hydrogen-bond acceptors (Lipinski definition) is 3. The van der Waals surface area contributed by atoms with Crippen LogP contribution in [0.25, 0.3) is 0 Å². The van der Waals surface area contributed by atoms with E-state index in [1.807, 2.05) is 37.3 Å². The van der Waals surface area contributed by atoms with Gasteiger partial charge in [-0.1, -0.05) is 59.7 Å². The molecule has 0 aliphatic carbocycles. The average molecular weight is 407 g/mol. The van der Waals surface area contributed by atoms with Gasteiger partial charge < -0.3 is 4.90 Å². The molecule has 1 N–H and O–H groups in total. The lowest BCUT2D eigenvalue weighted by Gasteiger charge is -2.32. The highest BCUT2D eigenvalue weighted by molar-refractivity contribution is 7.89. The summed E-state index contributed by atoms with van der Waals surface area (Å²) in [5.74, 6) is 0. The molecule has 0 spiro atoms. The van der Waals surface area contributed by atoms with E-state index < -0.39 is 10.0 Å². The number of nitrogens with one attached hydrogen (secondary N) is 1. The molecule has 0 aromatic heterocycles. The molecule has 4 rings (SSSR count). The van der Waals surface area contributed by atoms with Crippen molar-refractivity contribution >= 4 is 15.7 Å². The summed E-state index contributed by atoms with van der Waals surface area (Å²) in [5.41, 5.74) is 7.14. The Labute approximate surface area is 173 Å². The van der Waals surface area contributed by atoms with Gasteiger partial charge in [0.1, 0.15) is 0 Å². The number of nitrogens with zero attached hydrogens (tertiary/aromatic N) is 1. The minimum Gasteiger partial charge on any atom is -0.367 e. The van der Waals surface area contributed by atoms with Crippen molar-refractivity contribution in [2.75, 3.05) is 11.4 Å². The van der Waals surface area contributed by atoms with Gasteiger partial charge in [-0.15, -0.1) is 0 Å². The highest BCUT2D eigenvalue weighted by atomic mass is 32.2. The molecule has 1 aliphatic rings. The van der Waals surface area contributed by atoms with Crippen LogP contribution in [0.5, 0.6) is 0 Å². The number of rotatable bonds is 5. The van der Waals surface area contributed by atoms with Crippen LogP contribution in [0.2, 0.25) is 0 Å². The third-order valence-corrected chi connectivity index (χ3v) is 6.91. The predicted octanol–water partition coefficient (Wildman–Crippen LogP) is 4.34. The van der Waals surface area contributed by atoms with Gasteiger partial charge in [-0.3, -0.25) is 0 Å². The monoisotopic (exact) mass is 406 g/mol. The highest BCUT2D eigenvalue weighted by Crippen LogP contribution is 2.28. The van der Waals surface area contributed by atoms with E-state index in [2.05, 4.69) is 40.8 Å². The van der Waals surface area contributed by atoms with Crippen LogP contribution in [0.4, 0.5) is 5.69 Å². The number of aryl methyl sites for hydroxylation is 2. The fourth-order valence-electron chi connectivity index (χ4n) is 3.83. The normalized spacial score (nSPS) is 13.9. The molecule has 0 saturated heterocycles. The van der Waals surface area contributed by atoms with Gasteiger partial charge in [-0.2, -0.15) is 0 Å². The van der Waals surface area contributed by atoms with Gasteiger partial charge in [0, 0.05) is 25.3 Å². The number of sulfonamides is 1. The van der Waals surface area contributed by atoms with Crippen LogP contribution in [-0.2, 0) is 29.5 Å². The smallest absolute Gasteiger partial charge is 0.240 e. The van der Waals surface area contributed by atoms with Crippen LogP contribution in [0.15, 0.2) is 71.6 Å². The summed E-state index contributed by atoms with van der Waals surface area (Å²) in [6.07, 6.45) is 0.999. The van der Waals surface area contributed by atoms with Crippen molar-refractivity contribution < 1.29 is 8.42 Å². The maximum atomic E-state index is 12.7. The van der Waals surface area contributed by atoms with E-state index in [0.29, 0.717) is 4.90 Å². The Morgan fingerprint density at radius 2 is 1.62 bits per heavy atom. The van der Waals surface area contributed by atoms with Crippen LogP contribution in [0, 0.1) is 13.8 Å². The second kappa shape index (κ2) is 8.01. The summed E-state index contributed by atoms with van der Waals surface area (Å²) >= 11 is 0. The molecule has 29 heavy (non-hydrogen) atoms. The minimum absolute atomic E-state index is 0.267. The summed E-state index contributed by atoms with van der Waals surface area (Å²) in [4.78, 5) is 2.64. The van der Waals surface area contributed by atoms with Gasteiger partial charge in [0.05, 0.1) is 4.90 Å². The highest BCUT2D eigenvalue weighted by Gasteiger charge is 2.20. The lowest BCUT2D eigenvalue weighted by molar-refractivity contribution is 0.581. The minimum atomic E-state index is -3.55. The van der Waals surface area contributed by atoms with Crippen molar-refractivity contribution in [2.45, 2.75) is 38.3 Å². The van der Waals surface area contributed by atoms with E-state index in [-0.39, 0.29) is 6.54 Å². The van der Waals surface area contributed by atoms with Crippen molar-refractivity contribution in [3.05, 3.63) is 94.5 Å². The fourth-order valence-corrected chi connectivity index (χ4v) is 4.84. The summed E-state index contributed by atoms with van der Waals surface area (Å²) in [7, 11) is -3.55. The zero-order chi connectivity index (χ0) is 20.4. The molecule has 0 unspecified atom stereocenters. The molecule has 0 saturated carbocycles. The third kappa shape index (κ3) is 4.36. The zero-order valence-corrected chi connectivity index (χ0v) is 17.7. The maximum Gasteiger partial charge on any atom is 0.240 e. The molecular weight excluding hydrogens is 380 g/mol. The standard InChI is InChI=1S/C24H26N2O2S/c1-18-8-11-23(12-9-18)29(27,28)25-16-21-5-3-4-6-24(21)26-14-13-20-10-7-19(2)15-22(20)17-26/h3-12,15,25H,13-14,16-17H2,1-2H3. The Kier molecular flexibility index (Phi) is 5.43. The number of hydrogen-bond donors (Lipinski definition) is 1. The van der Waals surface area contributed by atoms with E-state index in [1.54, 1.807) is 12.1 Å². The number of benzene rings is 3. The van der Waals surface area contributed by atoms with Gasteiger partial charge in [-0.25, -0.2) is 13.1 Å². The number of para-hydroxylation sites is 1. The van der Waals surface area contributed by atoms with E-state index in [4.69, 9.17) is 0 Å². The van der Waals surface area contributed by atoms with Crippen LogP contribution in [-0.4, -0.2) is 15.0 Å². The van der Waals surface area contributed by atoms with Crippen molar-refractivity contribution in [3.8, 4) is 0 Å². The first-order valence-electron chi connectivity index (χ1n) is 9.90. The quantitative estimate of drug-likeness (QED) is 0.686. The van der Waals surface area contributed by atoms with Gasteiger partial charge >= 0.3 is 0 Å². The fraction of sp³-hybridized carbons (Fsp3) is 0.250. The van der Waals surface area contributed by atoms with Crippen LogP contribution in [0.3, 0.4) is 0 Å². The summed E-state index contributed by atoms with van der Waals surface area (Å²) < 4.78 is 28.1. The van der Waals surface area contributed by atoms with E-state index in [9.17, 15) is 8.42 Å². The number of anilines is 1. The van der Waals surface area contributed by atoms with Gasteiger partial charge in [0.2, 0.25) is 10.0 Å². The second-order valence-electron chi connectivity index (χ2n) is 7.71. The van der Waals surface area contributed by atoms with Gasteiger partial charge in [0.25, 0.3) is 0 Å². The van der Waals surface area contributed by atoms with Crippen molar-refractivity contribution in [2.24, 2.45) is 0 Å². The molecule has 1 heterocycles. The molecule has 0 bridgehead atoms. The SMILES string of the molecule is Cc1ccc(S(=O)(=O)NCc2ccccc2N2CCc3ccc(C)cc3C2)cc1. The molecule has 3 aromatic rings. The molecule has 1 aliphatic heterocycles. The molecule has 5 heteroatoms. The largest absolute Gasteiger partial charge is 0.367 e. The lowest BCUT2D eigenvalue weighted by Crippen LogP contribution is -2.32. The molecule has 4 nitrogen and oxygen atoms in total. The summed E-state index contributed by atoms with van der Waals surface area (Å²) in [6, 6.07) is 21.6. The van der Waals surface area contributed by atoms with E-state index >= 15 is 0 Å². The van der Waals surface area contributed by atoms with E-state index in [1.165, 1.54) is 16.7 Å². The Morgan fingerprint density at radius 1 is 0.897 bits per heavy atom. The lowest BCUT2D eigenvalue weighted by atomic mass is 9.97. The predicted molar refractivity (Wildman–Crippen MR) is 118 cm³/mol. The maximum absolute atomic E-state index is 12.7. The Hall–Kier alpha value is -2.63. The molecule has 0 amide bonds. The molecule has 0 fully saturated rings. The van der Waals surface area contributed by atoms with Crippen LogP contribution < -0.4 is 9.62 Å². The summed E-state index contributed by atoms with van der Waals surface area (Å²) in [6.45, 7) is 6.10. The first-order valence-corrected chi connectivity index (χ1v) is 11.4. The molecule has 0 atom stereocenters. The van der Waals surface area contributed by atoms with Crippen molar-refractivity contribution in [1.29, 1.82) is 0 Å². The summed E-state index contributed by atoms with van der Waals surface area (Å²) in [5, 5.41) is 0. The first kappa shape index (κ1) is 19.7. The third-order valence-electron chi connectivity index (χ3n) is 5.49. The second-order valence-corrected chi connectivity index (χ2v) is 9.48. The van der Waals surface area contributed by atoms with Gasteiger partial charge in [0.15, 0.2) is 0 Å². The Balaban J connectivity index is 1.54. The Morgan fingerprint density at radius 3 is 2.41 bits per heavy atom. The van der Waals surface area contributed by atoms with Crippen LogP contribution >= 0.6 is 0 Å². The van der Waals surface area contributed by atoms with E-state index in [0.717, 1.165) is 36.3 Å². The molecule has 3 aromatic carbocycles. The van der Waals surface area contributed by atoms with Gasteiger partial charge in [-0.05, 0) is 55.2 Å². The zero-order valence-electron chi connectivity index (χ0n) is 16.9. The van der Waals surface area contributed by atoms with Crippen LogP contribution in [0.1, 0.15) is 27.8 Å². The molecule has 0 radical (unpaired) electrons. The average Bonchev–Trinajstić information content (AvgIpc) is 2.72. The molecular formula is C24H26N2O2S.